The summed E-state index contributed by atoms with van der Waals surface area (Å²) in [5, 5.41) is 15.2. The van der Waals surface area contributed by atoms with Gasteiger partial charge < -0.3 is 10.4 Å². The summed E-state index contributed by atoms with van der Waals surface area (Å²) < 4.78 is 1.87. The maximum atomic E-state index is 11.0. The van der Waals surface area contributed by atoms with Crippen molar-refractivity contribution < 1.29 is 14.7 Å². The summed E-state index contributed by atoms with van der Waals surface area (Å²) in [6, 6.07) is 1.99. The summed E-state index contributed by atoms with van der Waals surface area (Å²) in [5.74, 6) is -1.56. The van der Waals surface area contributed by atoms with E-state index in [1.54, 1.807) is 0 Å². The Morgan fingerprint density at radius 2 is 2.18 bits per heavy atom. The predicted molar refractivity (Wildman–Crippen MR) is 61.6 cm³/mol. The summed E-state index contributed by atoms with van der Waals surface area (Å²) in [7, 11) is 0. The number of carbonyl (C=O) groups excluding carboxylic acids is 1. The number of aromatic nitrogens is 2. The van der Waals surface area contributed by atoms with Gasteiger partial charge in [0, 0.05) is 18.8 Å². The van der Waals surface area contributed by atoms with Crippen molar-refractivity contribution in [1.82, 2.24) is 15.1 Å². The minimum absolute atomic E-state index is 0.453. The molecule has 0 aliphatic carbocycles. The monoisotopic (exact) mass is 239 g/mol. The number of carbonyl (C=O) groups is 2. The first kappa shape index (κ1) is 13.2. The van der Waals surface area contributed by atoms with Crippen LogP contribution in [0.5, 0.6) is 0 Å². The van der Waals surface area contributed by atoms with Gasteiger partial charge in [-0.1, -0.05) is 0 Å². The highest BCUT2D eigenvalue weighted by atomic mass is 16.4. The summed E-state index contributed by atoms with van der Waals surface area (Å²) >= 11 is 0. The van der Waals surface area contributed by atoms with Gasteiger partial charge in [-0.2, -0.15) is 5.10 Å². The molecule has 0 aliphatic heterocycles. The fourth-order valence-electron chi connectivity index (χ4n) is 1.56. The zero-order valence-corrected chi connectivity index (χ0v) is 10.1. The molecule has 0 spiro atoms. The van der Waals surface area contributed by atoms with E-state index in [1.165, 1.54) is 0 Å². The molecule has 0 atom stereocenters. The number of hydrogen-bond donors (Lipinski definition) is 2. The van der Waals surface area contributed by atoms with Gasteiger partial charge in [0.05, 0.1) is 5.69 Å². The van der Waals surface area contributed by atoms with Gasteiger partial charge in [-0.05, 0) is 26.3 Å². The fourth-order valence-corrected chi connectivity index (χ4v) is 1.56. The number of aliphatic carboxylic acids is 1. The number of nitrogens with zero attached hydrogens (tertiary/aromatic N) is 2. The maximum Gasteiger partial charge on any atom is 0.312 e. The van der Waals surface area contributed by atoms with Crippen LogP contribution in [0, 0.1) is 13.8 Å². The Kier molecular flexibility index (Phi) is 4.68. The quantitative estimate of drug-likeness (QED) is 0.558. The van der Waals surface area contributed by atoms with Crippen LogP contribution in [0.15, 0.2) is 6.07 Å². The van der Waals surface area contributed by atoms with E-state index in [2.05, 4.69) is 10.4 Å². The lowest BCUT2D eigenvalue weighted by atomic mass is 10.3. The van der Waals surface area contributed by atoms with Crippen LogP contribution in [-0.2, 0) is 16.1 Å². The number of nitrogens with one attached hydrogen (secondary N) is 1. The molecule has 94 valence electrons. The topological polar surface area (TPSA) is 84.2 Å². The van der Waals surface area contributed by atoms with Crippen LogP contribution >= 0.6 is 0 Å². The van der Waals surface area contributed by atoms with Gasteiger partial charge in [-0.15, -0.1) is 0 Å². The minimum Gasteiger partial charge on any atom is -0.481 e. The molecule has 0 aromatic carbocycles. The molecule has 1 aromatic rings. The van der Waals surface area contributed by atoms with Crippen molar-refractivity contribution >= 4 is 11.9 Å². The van der Waals surface area contributed by atoms with E-state index in [0.29, 0.717) is 13.1 Å². The smallest absolute Gasteiger partial charge is 0.312 e. The highest BCUT2D eigenvalue weighted by Gasteiger charge is 2.06. The Morgan fingerprint density at radius 1 is 1.47 bits per heavy atom. The molecule has 0 fully saturated rings. The van der Waals surface area contributed by atoms with Crippen LogP contribution in [-0.4, -0.2) is 33.3 Å². The Hall–Kier alpha value is -1.85. The molecule has 0 radical (unpaired) electrons. The second kappa shape index (κ2) is 6.03. The second-order valence-corrected chi connectivity index (χ2v) is 3.92. The fraction of sp³-hybridized carbons (Fsp3) is 0.545. The number of amides is 1. The van der Waals surface area contributed by atoms with Crippen LogP contribution < -0.4 is 5.32 Å². The molecule has 0 saturated carbocycles. The van der Waals surface area contributed by atoms with Gasteiger partial charge >= 0.3 is 5.97 Å². The molecule has 2 N–H and O–H groups in total. The van der Waals surface area contributed by atoms with Crippen molar-refractivity contribution in [2.45, 2.75) is 33.2 Å². The summed E-state index contributed by atoms with van der Waals surface area (Å²) in [4.78, 5) is 21.3. The number of carboxylic acids is 1. The standard InChI is InChI=1S/C11H17N3O3/c1-8-6-9(2)14(13-8)5-3-4-12-10(15)7-11(16)17/h6H,3-5,7H2,1-2H3,(H,12,15)(H,16,17). The SMILES string of the molecule is Cc1cc(C)n(CCCNC(=O)CC(=O)O)n1. The average molecular weight is 239 g/mol. The van der Waals surface area contributed by atoms with Crippen LogP contribution in [0.3, 0.4) is 0 Å². The van der Waals surface area contributed by atoms with Crippen molar-refractivity contribution in [2.75, 3.05) is 6.54 Å². The first-order valence-corrected chi connectivity index (χ1v) is 5.48. The summed E-state index contributed by atoms with van der Waals surface area (Å²) in [6.45, 7) is 5.08. The largest absolute Gasteiger partial charge is 0.481 e. The Labute approximate surface area is 99.6 Å². The molecule has 6 nitrogen and oxygen atoms in total. The third-order valence-corrected chi connectivity index (χ3v) is 2.28. The van der Waals surface area contributed by atoms with Crippen LogP contribution in [0.2, 0.25) is 0 Å². The van der Waals surface area contributed by atoms with Gasteiger partial charge in [0.15, 0.2) is 0 Å². The third-order valence-electron chi connectivity index (χ3n) is 2.28. The van der Waals surface area contributed by atoms with E-state index >= 15 is 0 Å². The number of rotatable bonds is 6. The van der Waals surface area contributed by atoms with Gasteiger partial charge in [-0.3, -0.25) is 14.3 Å². The molecule has 1 amide bonds. The normalized spacial score (nSPS) is 10.2. The van der Waals surface area contributed by atoms with E-state index in [1.807, 2.05) is 24.6 Å². The number of carboxylic acid groups (broad SMARTS) is 1. The Bertz CT molecular complexity index is 412. The summed E-state index contributed by atoms with van der Waals surface area (Å²) in [5.41, 5.74) is 2.05. The molecule has 0 aliphatic rings. The van der Waals surface area contributed by atoms with Crippen molar-refractivity contribution in [3.8, 4) is 0 Å². The van der Waals surface area contributed by atoms with Crippen molar-refractivity contribution in [2.24, 2.45) is 0 Å². The first-order valence-electron chi connectivity index (χ1n) is 5.48. The molecule has 1 heterocycles. The molecule has 17 heavy (non-hydrogen) atoms. The minimum atomic E-state index is -1.11. The number of hydrogen-bond acceptors (Lipinski definition) is 3. The molecule has 0 bridgehead atoms. The van der Waals surface area contributed by atoms with Crippen molar-refractivity contribution in [1.29, 1.82) is 0 Å². The summed E-state index contributed by atoms with van der Waals surface area (Å²) in [6.07, 6.45) is 0.257. The van der Waals surface area contributed by atoms with Gasteiger partial charge in [0.1, 0.15) is 6.42 Å². The van der Waals surface area contributed by atoms with Crippen molar-refractivity contribution in [3.63, 3.8) is 0 Å². The Balaban J connectivity index is 2.22. The molecular formula is C11H17N3O3. The predicted octanol–water partition coefficient (Wildman–Crippen LogP) is 0.481. The van der Waals surface area contributed by atoms with Crippen molar-refractivity contribution in [3.05, 3.63) is 17.5 Å². The molecule has 6 heteroatoms. The molecule has 1 aromatic heterocycles. The lowest BCUT2D eigenvalue weighted by molar-refractivity contribution is -0.140. The van der Waals surface area contributed by atoms with Gasteiger partial charge in [0.25, 0.3) is 0 Å². The molecule has 1 rings (SSSR count). The second-order valence-electron chi connectivity index (χ2n) is 3.92. The zero-order chi connectivity index (χ0) is 12.8. The van der Waals surface area contributed by atoms with E-state index in [0.717, 1.165) is 17.8 Å². The van der Waals surface area contributed by atoms with E-state index < -0.39 is 18.3 Å². The lowest BCUT2D eigenvalue weighted by Crippen LogP contribution is -2.27. The third kappa shape index (κ3) is 4.67. The van der Waals surface area contributed by atoms with Gasteiger partial charge in [0.2, 0.25) is 5.91 Å². The lowest BCUT2D eigenvalue weighted by Gasteiger charge is -2.05. The van der Waals surface area contributed by atoms with Crippen LogP contribution in [0.25, 0.3) is 0 Å². The first-order chi connectivity index (χ1) is 7.99. The highest BCUT2D eigenvalue weighted by Crippen LogP contribution is 2.02. The Morgan fingerprint density at radius 3 is 2.71 bits per heavy atom. The van der Waals surface area contributed by atoms with Crippen LogP contribution in [0.4, 0.5) is 0 Å². The van der Waals surface area contributed by atoms with E-state index in [9.17, 15) is 9.59 Å². The molecular weight excluding hydrogens is 222 g/mol. The van der Waals surface area contributed by atoms with Gasteiger partial charge in [-0.25, -0.2) is 0 Å². The van der Waals surface area contributed by atoms with Crippen LogP contribution in [0.1, 0.15) is 24.2 Å². The molecule has 0 saturated heterocycles. The number of aryl methyl sites for hydroxylation is 3. The van der Waals surface area contributed by atoms with E-state index in [4.69, 9.17) is 5.11 Å². The zero-order valence-electron chi connectivity index (χ0n) is 10.1. The highest BCUT2D eigenvalue weighted by molar-refractivity contribution is 5.93. The molecule has 0 unspecified atom stereocenters. The van der Waals surface area contributed by atoms with E-state index in [-0.39, 0.29) is 0 Å². The average Bonchev–Trinajstić information content (AvgIpc) is 2.51. The maximum absolute atomic E-state index is 11.0.